The van der Waals surface area contributed by atoms with Gasteiger partial charge in [0.2, 0.25) is 5.91 Å². The number of benzene rings is 1. The van der Waals surface area contributed by atoms with Crippen LogP contribution in [0.15, 0.2) is 73.3 Å². The molecule has 0 saturated carbocycles. The van der Waals surface area contributed by atoms with E-state index in [9.17, 15) is 4.79 Å². The summed E-state index contributed by atoms with van der Waals surface area (Å²) in [5, 5.41) is 3.24. The fourth-order valence-electron chi connectivity index (χ4n) is 4.58. The number of nitrogens with one attached hydrogen (secondary N) is 1. The number of nitrogens with zero attached hydrogens (tertiary/aromatic N) is 3. The molecule has 3 aromatic rings. The molecule has 2 aromatic heterocycles. The molecule has 0 unspecified atom stereocenters. The summed E-state index contributed by atoms with van der Waals surface area (Å²) in [6, 6.07) is 16.5. The van der Waals surface area contributed by atoms with Crippen molar-refractivity contribution in [2.45, 2.75) is 33.2 Å². The molecule has 3 heterocycles. The fraction of sp³-hybridized carbons (Fsp3) is 0.370. The molecule has 1 amide bonds. The van der Waals surface area contributed by atoms with Crippen LogP contribution in [0.5, 0.6) is 0 Å². The van der Waals surface area contributed by atoms with Crippen molar-refractivity contribution in [1.82, 2.24) is 20.2 Å². The minimum absolute atomic E-state index is 0.167. The number of aromatic nitrogens is 2. The van der Waals surface area contributed by atoms with E-state index in [0.717, 1.165) is 37.2 Å². The van der Waals surface area contributed by atoms with Crippen LogP contribution in [0.25, 0.3) is 11.1 Å². The van der Waals surface area contributed by atoms with Gasteiger partial charge in [-0.3, -0.25) is 19.7 Å². The predicted octanol–water partition coefficient (Wildman–Crippen LogP) is 4.35. The van der Waals surface area contributed by atoms with Gasteiger partial charge in [-0.2, -0.15) is 0 Å². The third-order valence-corrected chi connectivity index (χ3v) is 6.23. The van der Waals surface area contributed by atoms with E-state index in [0.29, 0.717) is 18.9 Å². The van der Waals surface area contributed by atoms with E-state index < -0.39 is 5.41 Å². The number of pyridine rings is 2. The Morgan fingerprint density at radius 2 is 1.84 bits per heavy atom. The monoisotopic (exact) mass is 428 g/mol. The van der Waals surface area contributed by atoms with Crippen molar-refractivity contribution in [3.05, 3.63) is 84.4 Å². The molecule has 1 aliphatic rings. The minimum atomic E-state index is -0.449. The molecule has 0 aliphatic carbocycles. The van der Waals surface area contributed by atoms with Crippen LogP contribution in [-0.2, 0) is 17.8 Å². The highest BCUT2D eigenvalue weighted by molar-refractivity contribution is 5.84. The summed E-state index contributed by atoms with van der Waals surface area (Å²) in [5.74, 6) is 0.590. The van der Waals surface area contributed by atoms with Gasteiger partial charge in [0.1, 0.15) is 0 Å². The van der Waals surface area contributed by atoms with E-state index in [4.69, 9.17) is 0 Å². The smallest absolute Gasteiger partial charge is 0.227 e. The SMILES string of the molecule is CC(C)CNC(=O)[C@]1(Cc2ccccc2-c2cccnc2)CCN(Cc2cccnc2)C1. The largest absolute Gasteiger partial charge is 0.355 e. The molecule has 32 heavy (non-hydrogen) atoms. The summed E-state index contributed by atoms with van der Waals surface area (Å²) in [6.07, 6.45) is 8.96. The van der Waals surface area contributed by atoms with Crippen LogP contribution in [0.4, 0.5) is 0 Å². The lowest BCUT2D eigenvalue weighted by molar-refractivity contribution is -0.130. The third-order valence-electron chi connectivity index (χ3n) is 6.23. The normalized spacial score (nSPS) is 18.7. The first-order valence-corrected chi connectivity index (χ1v) is 11.4. The Morgan fingerprint density at radius 3 is 2.56 bits per heavy atom. The Morgan fingerprint density at radius 1 is 1.06 bits per heavy atom. The molecule has 0 spiro atoms. The maximum Gasteiger partial charge on any atom is 0.227 e. The van der Waals surface area contributed by atoms with Gasteiger partial charge in [-0.05, 0) is 54.1 Å². The summed E-state index contributed by atoms with van der Waals surface area (Å²) in [5.41, 5.74) is 4.17. The predicted molar refractivity (Wildman–Crippen MR) is 128 cm³/mol. The second-order valence-corrected chi connectivity index (χ2v) is 9.28. The van der Waals surface area contributed by atoms with Gasteiger partial charge < -0.3 is 5.32 Å². The van der Waals surface area contributed by atoms with Crippen LogP contribution in [0.2, 0.25) is 0 Å². The average molecular weight is 429 g/mol. The molecule has 1 saturated heterocycles. The highest BCUT2D eigenvalue weighted by Crippen LogP contribution is 2.38. The number of hydrogen-bond acceptors (Lipinski definition) is 4. The van der Waals surface area contributed by atoms with Crippen molar-refractivity contribution in [2.75, 3.05) is 19.6 Å². The van der Waals surface area contributed by atoms with Gasteiger partial charge in [-0.15, -0.1) is 0 Å². The van der Waals surface area contributed by atoms with Crippen molar-refractivity contribution in [3.8, 4) is 11.1 Å². The fourth-order valence-corrected chi connectivity index (χ4v) is 4.58. The molecule has 1 aliphatic heterocycles. The average Bonchev–Trinajstić information content (AvgIpc) is 3.22. The van der Waals surface area contributed by atoms with Gasteiger partial charge in [-0.1, -0.05) is 50.2 Å². The lowest BCUT2D eigenvalue weighted by Crippen LogP contribution is -2.45. The van der Waals surface area contributed by atoms with Crippen molar-refractivity contribution in [3.63, 3.8) is 0 Å². The quantitative estimate of drug-likeness (QED) is 0.579. The van der Waals surface area contributed by atoms with Gasteiger partial charge in [0.05, 0.1) is 5.41 Å². The number of carbonyl (C=O) groups is 1. The summed E-state index contributed by atoms with van der Waals surface area (Å²) < 4.78 is 0. The van der Waals surface area contributed by atoms with E-state index in [2.05, 4.69) is 70.4 Å². The number of amides is 1. The maximum absolute atomic E-state index is 13.6. The van der Waals surface area contributed by atoms with E-state index in [1.807, 2.05) is 24.5 Å². The first-order valence-electron chi connectivity index (χ1n) is 11.4. The van der Waals surface area contributed by atoms with Gasteiger partial charge in [-0.25, -0.2) is 0 Å². The van der Waals surface area contributed by atoms with Crippen LogP contribution >= 0.6 is 0 Å². The van der Waals surface area contributed by atoms with Gasteiger partial charge in [0.15, 0.2) is 0 Å². The van der Waals surface area contributed by atoms with Crippen LogP contribution in [0.3, 0.4) is 0 Å². The van der Waals surface area contributed by atoms with Gasteiger partial charge >= 0.3 is 0 Å². The van der Waals surface area contributed by atoms with Gasteiger partial charge in [0, 0.05) is 50.0 Å². The Hall–Kier alpha value is -3.05. The zero-order valence-electron chi connectivity index (χ0n) is 19.0. The lowest BCUT2D eigenvalue weighted by atomic mass is 9.78. The van der Waals surface area contributed by atoms with E-state index in [-0.39, 0.29) is 5.91 Å². The first kappa shape index (κ1) is 22.2. The van der Waals surface area contributed by atoms with Crippen molar-refractivity contribution in [1.29, 1.82) is 0 Å². The minimum Gasteiger partial charge on any atom is -0.355 e. The standard InChI is InChI=1S/C27H32N4O/c1-21(2)16-30-26(32)27(11-14-31(20-27)19-22-7-5-12-28-17-22)15-23-8-3-4-10-25(23)24-9-6-13-29-18-24/h3-10,12-13,17-18,21H,11,14-16,19-20H2,1-2H3,(H,30,32)/t27-/m0/s1. The summed E-state index contributed by atoms with van der Waals surface area (Å²) in [4.78, 5) is 24.5. The zero-order valence-corrected chi connectivity index (χ0v) is 19.0. The molecule has 1 N–H and O–H groups in total. The molecule has 1 fully saturated rings. The molecule has 166 valence electrons. The number of rotatable bonds is 8. The number of likely N-dealkylation sites (tertiary alicyclic amines) is 1. The molecule has 1 aromatic carbocycles. The van der Waals surface area contributed by atoms with Crippen LogP contribution < -0.4 is 5.32 Å². The summed E-state index contributed by atoms with van der Waals surface area (Å²) >= 11 is 0. The summed E-state index contributed by atoms with van der Waals surface area (Å²) in [7, 11) is 0. The Kier molecular flexibility index (Phi) is 6.96. The van der Waals surface area contributed by atoms with Crippen molar-refractivity contribution in [2.24, 2.45) is 11.3 Å². The highest BCUT2D eigenvalue weighted by atomic mass is 16.2. The topological polar surface area (TPSA) is 58.1 Å². The first-order chi connectivity index (χ1) is 15.6. The maximum atomic E-state index is 13.6. The third kappa shape index (κ3) is 5.22. The van der Waals surface area contributed by atoms with Gasteiger partial charge in [0.25, 0.3) is 0 Å². The van der Waals surface area contributed by atoms with E-state index >= 15 is 0 Å². The molecule has 4 rings (SSSR count). The second kappa shape index (κ2) is 10.0. The summed E-state index contributed by atoms with van der Waals surface area (Å²) in [6.45, 7) is 7.43. The Balaban J connectivity index is 1.61. The van der Waals surface area contributed by atoms with E-state index in [1.165, 1.54) is 11.1 Å². The van der Waals surface area contributed by atoms with Crippen LogP contribution in [0, 0.1) is 11.3 Å². The molecule has 0 radical (unpaired) electrons. The zero-order chi connectivity index (χ0) is 22.4. The van der Waals surface area contributed by atoms with E-state index in [1.54, 1.807) is 12.4 Å². The number of hydrogen-bond donors (Lipinski definition) is 1. The van der Waals surface area contributed by atoms with Crippen molar-refractivity contribution < 1.29 is 4.79 Å². The van der Waals surface area contributed by atoms with Crippen molar-refractivity contribution >= 4 is 5.91 Å². The Labute approximate surface area is 190 Å². The molecular weight excluding hydrogens is 396 g/mol. The molecule has 0 bridgehead atoms. The second-order valence-electron chi connectivity index (χ2n) is 9.28. The number of carbonyl (C=O) groups excluding carboxylic acids is 1. The Bertz CT molecular complexity index is 1020. The lowest BCUT2D eigenvalue weighted by Gasteiger charge is -2.30. The molecular formula is C27H32N4O. The van der Waals surface area contributed by atoms with Crippen LogP contribution in [0.1, 0.15) is 31.4 Å². The molecule has 5 nitrogen and oxygen atoms in total. The molecule has 1 atom stereocenters. The highest BCUT2D eigenvalue weighted by Gasteiger charge is 2.44. The molecule has 5 heteroatoms. The van der Waals surface area contributed by atoms with Crippen LogP contribution in [-0.4, -0.2) is 40.4 Å².